The summed E-state index contributed by atoms with van der Waals surface area (Å²) >= 11 is 1.75. The molecule has 5 heteroatoms. The van der Waals surface area contributed by atoms with Crippen LogP contribution in [-0.2, 0) is 11.2 Å². The van der Waals surface area contributed by atoms with Crippen molar-refractivity contribution in [2.45, 2.75) is 19.4 Å². The van der Waals surface area contributed by atoms with E-state index in [0.717, 1.165) is 6.42 Å². The molecule has 1 heterocycles. The average molecular weight is 292 g/mol. The van der Waals surface area contributed by atoms with Crippen molar-refractivity contribution in [2.75, 3.05) is 20.3 Å². The largest absolute Gasteiger partial charge is 0.383 e. The molecule has 0 fully saturated rings. The quantitative estimate of drug-likeness (QED) is 0.804. The summed E-state index contributed by atoms with van der Waals surface area (Å²) in [4.78, 5) is 11.6. The Morgan fingerprint density at radius 3 is 3.00 bits per heavy atom. The Bertz CT molecular complexity index is 568. The molecule has 20 heavy (non-hydrogen) atoms. The van der Waals surface area contributed by atoms with E-state index >= 15 is 0 Å². The SMILES string of the molecule is COCCNC(=O)NC(C)Cc1csc2ccccc12. The molecule has 0 bridgehead atoms. The lowest BCUT2D eigenvalue weighted by atomic mass is 10.1. The van der Waals surface area contributed by atoms with Gasteiger partial charge in [-0.05, 0) is 35.7 Å². The van der Waals surface area contributed by atoms with Gasteiger partial charge >= 0.3 is 6.03 Å². The second-order valence-corrected chi connectivity index (χ2v) is 5.67. The second-order valence-electron chi connectivity index (χ2n) is 4.76. The number of methoxy groups -OCH3 is 1. The number of hydrogen-bond acceptors (Lipinski definition) is 3. The highest BCUT2D eigenvalue weighted by molar-refractivity contribution is 7.17. The molecule has 108 valence electrons. The first-order chi connectivity index (χ1) is 9.70. The second kappa shape index (κ2) is 7.26. The van der Waals surface area contributed by atoms with Gasteiger partial charge in [0.2, 0.25) is 0 Å². The zero-order chi connectivity index (χ0) is 14.4. The number of amides is 2. The highest BCUT2D eigenvalue weighted by Gasteiger charge is 2.10. The standard InChI is InChI=1S/C15H20N2O2S/c1-11(17-15(18)16-7-8-19-2)9-12-10-20-14-6-4-3-5-13(12)14/h3-6,10-11H,7-9H2,1-2H3,(H2,16,17,18). The van der Waals surface area contributed by atoms with Crippen LogP contribution in [0.1, 0.15) is 12.5 Å². The zero-order valence-corrected chi connectivity index (χ0v) is 12.6. The molecule has 0 radical (unpaired) electrons. The lowest BCUT2D eigenvalue weighted by Gasteiger charge is -2.14. The van der Waals surface area contributed by atoms with Crippen molar-refractivity contribution in [2.24, 2.45) is 0 Å². The van der Waals surface area contributed by atoms with Crippen molar-refractivity contribution in [1.29, 1.82) is 0 Å². The summed E-state index contributed by atoms with van der Waals surface area (Å²) in [6.07, 6.45) is 0.835. The molecule has 1 atom stereocenters. The summed E-state index contributed by atoms with van der Waals surface area (Å²) in [5.74, 6) is 0. The van der Waals surface area contributed by atoms with E-state index in [2.05, 4.69) is 28.1 Å². The van der Waals surface area contributed by atoms with E-state index in [0.29, 0.717) is 13.2 Å². The number of thiophene rings is 1. The number of carbonyl (C=O) groups excluding carboxylic acids is 1. The van der Waals surface area contributed by atoms with Crippen LogP contribution in [0.3, 0.4) is 0 Å². The maximum atomic E-state index is 11.6. The fraction of sp³-hybridized carbons (Fsp3) is 0.400. The molecule has 1 aromatic heterocycles. The molecule has 0 aliphatic rings. The molecule has 2 N–H and O–H groups in total. The van der Waals surface area contributed by atoms with Crippen LogP contribution in [0, 0.1) is 0 Å². The molecular formula is C15H20N2O2S. The first kappa shape index (κ1) is 14.8. The number of benzene rings is 1. The van der Waals surface area contributed by atoms with Crippen molar-refractivity contribution >= 4 is 27.5 Å². The Balaban J connectivity index is 1.88. The molecule has 2 aromatic rings. The number of urea groups is 1. The van der Waals surface area contributed by atoms with Crippen LogP contribution in [0.4, 0.5) is 4.79 Å². The number of hydrogen-bond donors (Lipinski definition) is 2. The highest BCUT2D eigenvalue weighted by Crippen LogP contribution is 2.26. The maximum Gasteiger partial charge on any atom is 0.315 e. The average Bonchev–Trinajstić information content (AvgIpc) is 2.82. The van der Waals surface area contributed by atoms with Crippen LogP contribution in [-0.4, -0.2) is 32.3 Å². The third-order valence-electron chi connectivity index (χ3n) is 3.06. The predicted molar refractivity (Wildman–Crippen MR) is 83.4 cm³/mol. The molecule has 2 rings (SSSR count). The third kappa shape index (κ3) is 3.95. The Morgan fingerprint density at radius 1 is 1.40 bits per heavy atom. The van der Waals surface area contributed by atoms with Crippen LogP contribution in [0.5, 0.6) is 0 Å². The molecule has 2 amide bonds. The highest BCUT2D eigenvalue weighted by atomic mass is 32.1. The van der Waals surface area contributed by atoms with Gasteiger partial charge < -0.3 is 15.4 Å². The molecule has 0 spiro atoms. The van der Waals surface area contributed by atoms with Gasteiger partial charge in [-0.1, -0.05) is 18.2 Å². The smallest absolute Gasteiger partial charge is 0.315 e. The van der Waals surface area contributed by atoms with E-state index in [1.165, 1.54) is 15.6 Å². The van der Waals surface area contributed by atoms with Gasteiger partial charge in [0.1, 0.15) is 0 Å². The van der Waals surface area contributed by atoms with Gasteiger partial charge in [0.25, 0.3) is 0 Å². The van der Waals surface area contributed by atoms with Crippen LogP contribution in [0.2, 0.25) is 0 Å². The summed E-state index contributed by atoms with van der Waals surface area (Å²) in [5, 5.41) is 9.16. The van der Waals surface area contributed by atoms with Crippen LogP contribution >= 0.6 is 11.3 Å². The Labute approximate surface area is 123 Å². The summed E-state index contributed by atoms with van der Waals surface area (Å²) < 4.78 is 6.18. The molecule has 4 nitrogen and oxygen atoms in total. The van der Waals surface area contributed by atoms with E-state index in [4.69, 9.17) is 4.74 Å². The van der Waals surface area contributed by atoms with Gasteiger partial charge in [-0.2, -0.15) is 0 Å². The summed E-state index contributed by atoms with van der Waals surface area (Å²) in [6.45, 7) is 3.07. The van der Waals surface area contributed by atoms with Gasteiger partial charge in [0, 0.05) is 24.4 Å². The van der Waals surface area contributed by atoms with Gasteiger partial charge in [-0.15, -0.1) is 11.3 Å². The van der Waals surface area contributed by atoms with Crippen LogP contribution in [0.15, 0.2) is 29.6 Å². The number of ether oxygens (including phenoxy) is 1. The first-order valence-corrected chi connectivity index (χ1v) is 7.57. The topological polar surface area (TPSA) is 50.4 Å². The number of fused-ring (bicyclic) bond motifs is 1. The van der Waals surface area contributed by atoms with Crippen LogP contribution < -0.4 is 10.6 Å². The molecule has 1 unspecified atom stereocenters. The first-order valence-electron chi connectivity index (χ1n) is 6.69. The minimum absolute atomic E-state index is 0.0931. The molecule has 1 aromatic carbocycles. The van der Waals surface area contributed by atoms with Crippen molar-refractivity contribution in [3.63, 3.8) is 0 Å². The monoisotopic (exact) mass is 292 g/mol. The summed E-state index contributed by atoms with van der Waals surface area (Å²) in [7, 11) is 1.61. The zero-order valence-electron chi connectivity index (χ0n) is 11.8. The van der Waals surface area contributed by atoms with E-state index in [1.807, 2.05) is 19.1 Å². The van der Waals surface area contributed by atoms with Gasteiger partial charge in [0.05, 0.1) is 6.61 Å². The normalized spacial score (nSPS) is 12.3. The Hall–Kier alpha value is -1.59. The molecular weight excluding hydrogens is 272 g/mol. The lowest BCUT2D eigenvalue weighted by Crippen LogP contribution is -2.42. The lowest BCUT2D eigenvalue weighted by molar-refractivity contribution is 0.195. The predicted octanol–water partition coefficient (Wildman–Crippen LogP) is 2.78. The van der Waals surface area contributed by atoms with Crippen molar-refractivity contribution in [3.05, 3.63) is 35.2 Å². The van der Waals surface area contributed by atoms with E-state index in [-0.39, 0.29) is 12.1 Å². The minimum atomic E-state index is -0.144. The number of nitrogens with one attached hydrogen (secondary N) is 2. The molecule has 0 aliphatic heterocycles. The van der Waals surface area contributed by atoms with Crippen LogP contribution in [0.25, 0.3) is 10.1 Å². The Morgan fingerprint density at radius 2 is 2.20 bits per heavy atom. The van der Waals surface area contributed by atoms with Gasteiger partial charge in [-0.3, -0.25) is 0 Å². The van der Waals surface area contributed by atoms with Crippen molar-refractivity contribution in [3.8, 4) is 0 Å². The minimum Gasteiger partial charge on any atom is -0.383 e. The number of carbonyl (C=O) groups is 1. The van der Waals surface area contributed by atoms with E-state index in [9.17, 15) is 4.79 Å². The van der Waals surface area contributed by atoms with E-state index < -0.39 is 0 Å². The molecule has 0 aliphatic carbocycles. The molecule has 0 saturated heterocycles. The third-order valence-corrected chi connectivity index (χ3v) is 4.07. The fourth-order valence-corrected chi connectivity index (χ4v) is 3.09. The summed E-state index contributed by atoms with van der Waals surface area (Å²) in [6, 6.07) is 8.30. The summed E-state index contributed by atoms with van der Waals surface area (Å²) in [5.41, 5.74) is 1.29. The van der Waals surface area contributed by atoms with Crippen molar-refractivity contribution in [1.82, 2.24) is 10.6 Å². The Kier molecular flexibility index (Phi) is 5.38. The molecule has 0 saturated carbocycles. The van der Waals surface area contributed by atoms with Gasteiger partial charge in [-0.25, -0.2) is 4.79 Å². The van der Waals surface area contributed by atoms with E-state index in [1.54, 1.807) is 18.4 Å². The van der Waals surface area contributed by atoms with Crippen molar-refractivity contribution < 1.29 is 9.53 Å². The fourth-order valence-electron chi connectivity index (χ4n) is 2.11. The number of rotatable bonds is 6. The maximum absolute atomic E-state index is 11.6. The van der Waals surface area contributed by atoms with Gasteiger partial charge in [0.15, 0.2) is 0 Å².